The van der Waals surface area contributed by atoms with E-state index >= 15 is 0 Å². The van der Waals surface area contributed by atoms with E-state index in [1.807, 2.05) is 19.1 Å². The summed E-state index contributed by atoms with van der Waals surface area (Å²) in [6.45, 7) is 2.71. The van der Waals surface area contributed by atoms with Gasteiger partial charge in [-0.2, -0.15) is 5.26 Å². The minimum absolute atomic E-state index is 0.596. The minimum Gasteiger partial charge on any atom is -0.380 e. The Bertz CT molecular complexity index is 647. The second-order valence-electron chi connectivity index (χ2n) is 4.24. The molecule has 0 radical (unpaired) electrons. The molecule has 0 atom stereocenters. The normalized spacial score (nSPS) is 10.0. The largest absolute Gasteiger partial charge is 0.380 e. The number of halogens is 2. The van der Waals surface area contributed by atoms with Crippen molar-refractivity contribution in [3.63, 3.8) is 0 Å². The van der Waals surface area contributed by atoms with Crippen LogP contribution in [0.15, 0.2) is 40.9 Å². The molecule has 1 N–H and O–H groups in total. The van der Waals surface area contributed by atoms with Gasteiger partial charge in [0.05, 0.1) is 11.3 Å². The maximum atomic E-state index is 9.05. The first-order valence-corrected chi connectivity index (χ1v) is 6.96. The van der Waals surface area contributed by atoms with Crippen molar-refractivity contribution in [2.24, 2.45) is 0 Å². The van der Waals surface area contributed by atoms with Crippen LogP contribution in [0.2, 0.25) is 5.02 Å². The fourth-order valence-corrected chi connectivity index (χ4v) is 2.19. The van der Waals surface area contributed by atoms with E-state index in [1.54, 1.807) is 18.2 Å². The van der Waals surface area contributed by atoms with Crippen LogP contribution in [0.4, 0.5) is 5.69 Å². The summed E-state index contributed by atoms with van der Waals surface area (Å²) in [5.41, 5.74) is 3.70. The monoisotopic (exact) mass is 334 g/mol. The van der Waals surface area contributed by atoms with Gasteiger partial charge in [-0.25, -0.2) is 0 Å². The summed E-state index contributed by atoms with van der Waals surface area (Å²) in [6.07, 6.45) is 0. The Kier molecular flexibility index (Phi) is 4.47. The lowest BCUT2D eigenvalue weighted by atomic mass is 10.1. The Labute approximate surface area is 126 Å². The molecule has 2 aromatic carbocycles. The first-order valence-electron chi connectivity index (χ1n) is 5.78. The molecule has 0 saturated carbocycles. The summed E-state index contributed by atoms with van der Waals surface area (Å²) in [5.74, 6) is 0. The van der Waals surface area contributed by atoms with E-state index in [0.29, 0.717) is 17.1 Å². The molecule has 96 valence electrons. The maximum Gasteiger partial charge on any atom is 0.101 e. The summed E-state index contributed by atoms with van der Waals surface area (Å²) in [4.78, 5) is 0. The summed E-state index contributed by atoms with van der Waals surface area (Å²) in [5, 5.41) is 12.9. The average Bonchev–Trinajstić information content (AvgIpc) is 2.40. The van der Waals surface area contributed by atoms with Crippen molar-refractivity contribution in [1.29, 1.82) is 5.26 Å². The number of nitriles is 1. The van der Waals surface area contributed by atoms with E-state index in [2.05, 4.69) is 33.4 Å². The zero-order valence-electron chi connectivity index (χ0n) is 10.4. The van der Waals surface area contributed by atoms with Gasteiger partial charge in [-0.1, -0.05) is 39.7 Å². The van der Waals surface area contributed by atoms with Gasteiger partial charge in [0.15, 0.2) is 0 Å². The van der Waals surface area contributed by atoms with Crippen LogP contribution < -0.4 is 5.32 Å². The van der Waals surface area contributed by atoms with Crippen LogP contribution in [0.5, 0.6) is 0 Å². The fourth-order valence-electron chi connectivity index (χ4n) is 1.77. The maximum absolute atomic E-state index is 9.05. The van der Waals surface area contributed by atoms with Gasteiger partial charge in [-0.15, -0.1) is 0 Å². The Morgan fingerprint density at radius 3 is 2.74 bits per heavy atom. The minimum atomic E-state index is 0.596. The van der Waals surface area contributed by atoms with Gasteiger partial charge >= 0.3 is 0 Å². The van der Waals surface area contributed by atoms with Crippen LogP contribution in [0.1, 0.15) is 16.7 Å². The zero-order valence-corrected chi connectivity index (χ0v) is 12.7. The third-order valence-corrected chi connectivity index (χ3v) is 3.93. The number of aryl methyl sites for hydroxylation is 1. The quantitative estimate of drug-likeness (QED) is 0.866. The molecule has 0 aliphatic carbocycles. The SMILES string of the molecule is Cc1cc(CNc2cc(Cl)ccc2C#N)ccc1Br. The highest BCUT2D eigenvalue weighted by Gasteiger charge is 2.03. The Morgan fingerprint density at radius 1 is 1.26 bits per heavy atom. The lowest BCUT2D eigenvalue weighted by molar-refractivity contribution is 1.13. The van der Waals surface area contributed by atoms with E-state index < -0.39 is 0 Å². The molecule has 0 aliphatic heterocycles. The van der Waals surface area contributed by atoms with E-state index in [-0.39, 0.29) is 0 Å². The summed E-state index contributed by atoms with van der Waals surface area (Å²) < 4.78 is 1.09. The molecule has 19 heavy (non-hydrogen) atoms. The van der Waals surface area contributed by atoms with Crippen molar-refractivity contribution < 1.29 is 0 Å². The highest BCUT2D eigenvalue weighted by atomic mass is 79.9. The van der Waals surface area contributed by atoms with Crippen molar-refractivity contribution in [3.8, 4) is 6.07 Å². The number of benzene rings is 2. The van der Waals surface area contributed by atoms with Gasteiger partial charge < -0.3 is 5.32 Å². The smallest absolute Gasteiger partial charge is 0.101 e. The van der Waals surface area contributed by atoms with Crippen LogP contribution >= 0.6 is 27.5 Å². The molecule has 2 rings (SSSR count). The molecule has 0 aromatic heterocycles. The lowest BCUT2D eigenvalue weighted by Crippen LogP contribution is -2.01. The van der Waals surface area contributed by atoms with Gasteiger partial charge in [0.2, 0.25) is 0 Å². The third kappa shape index (κ3) is 3.50. The molecule has 2 aromatic rings. The molecule has 0 bridgehead atoms. The van der Waals surface area contributed by atoms with Gasteiger partial charge in [0, 0.05) is 16.0 Å². The van der Waals surface area contributed by atoms with Crippen molar-refractivity contribution in [1.82, 2.24) is 0 Å². The highest BCUT2D eigenvalue weighted by molar-refractivity contribution is 9.10. The molecule has 0 unspecified atom stereocenters. The Balaban J connectivity index is 2.16. The van der Waals surface area contributed by atoms with Crippen LogP contribution in [0, 0.1) is 18.3 Å². The molecule has 0 saturated heterocycles. The lowest BCUT2D eigenvalue weighted by Gasteiger charge is -2.10. The molecule has 2 nitrogen and oxygen atoms in total. The molecular weight excluding hydrogens is 324 g/mol. The summed E-state index contributed by atoms with van der Waals surface area (Å²) in [6, 6.07) is 13.5. The summed E-state index contributed by atoms with van der Waals surface area (Å²) >= 11 is 9.42. The third-order valence-electron chi connectivity index (χ3n) is 2.81. The predicted octanol–water partition coefficient (Wildman–Crippen LogP) is 4.89. The molecular formula is C15H12BrClN2. The van der Waals surface area contributed by atoms with E-state index in [1.165, 1.54) is 5.56 Å². The molecule has 0 heterocycles. The second kappa shape index (κ2) is 6.10. The molecule has 0 spiro atoms. The zero-order chi connectivity index (χ0) is 13.8. The number of hydrogen-bond acceptors (Lipinski definition) is 2. The number of nitrogens with zero attached hydrogens (tertiary/aromatic N) is 1. The fraction of sp³-hybridized carbons (Fsp3) is 0.133. The van der Waals surface area contributed by atoms with Gasteiger partial charge in [-0.05, 0) is 42.3 Å². The van der Waals surface area contributed by atoms with Crippen LogP contribution in [0.3, 0.4) is 0 Å². The first-order chi connectivity index (χ1) is 9.10. The first kappa shape index (κ1) is 13.9. The molecule has 0 aliphatic rings. The highest BCUT2D eigenvalue weighted by Crippen LogP contribution is 2.22. The van der Waals surface area contributed by atoms with Gasteiger partial charge in [0.25, 0.3) is 0 Å². The van der Waals surface area contributed by atoms with E-state index in [4.69, 9.17) is 16.9 Å². The second-order valence-corrected chi connectivity index (χ2v) is 5.53. The van der Waals surface area contributed by atoms with E-state index in [9.17, 15) is 0 Å². The summed E-state index contributed by atoms with van der Waals surface area (Å²) in [7, 11) is 0. The van der Waals surface area contributed by atoms with Gasteiger partial charge in [-0.3, -0.25) is 0 Å². The van der Waals surface area contributed by atoms with Crippen LogP contribution in [-0.4, -0.2) is 0 Å². The van der Waals surface area contributed by atoms with Crippen molar-refractivity contribution in [2.45, 2.75) is 13.5 Å². The molecule has 0 fully saturated rings. The number of nitrogens with one attached hydrogen (secondary N) is 1. The standard InChI is InChI=1S/C15H12BrClN2/c1-10-6-11(2-5-14(10)16)9-19-15-7-13(17)4-3-12(15)8-18/h2-7,19H,9H2,1H3. The van der Waals surface area contributed by atoms with Crippen molar-refractivity contribution in [3.05, 3.63) is 62.6 Å². The van der Waals surface area contributed by atoms with E-state index in [0.717, 1.165) is 15.7 Å². The predicted molar refractivity (Wildman–Crippen MR) is 82.4 cm³/mol. The molecule has 0 amide bonds. The number of hydrogen-bond donors (Lipinski definition) is 1. The van der Waals surface area contributed by atoms with Crippen LogP contribution in [-0.2, 0) is 6.54 Å². The Hall–Kier alpha value is -1.50. The molecule has 4 heteroatoms. The average molecular weight is 336 g/mol. The Morgan fingerprint density at radius 2 is 2.05 bits per heavy atom. The van der Waals surface area contributed by atoms with Gasteiger partial charge in [0.1, 0.15) is 6.07 Å². The van der Waals surface area contributed by atoms with Crippen molar-refractivity contribution >= 4 is 33.2 Å². The topological polar surface area (TPSA) is 35.8 Å². The van der Waals surface area contributed by atoms with Crippen LogP contribution in [0.25, 0.3) is 0 Å². The van der Waals surface area contributed by atoms with Crippen molar-refractivity contribution in [2.75, 3.05) is 5.32 Å². The number of anilines is 1. The number of rotatable bonds is 3.